The van der Waals surface area contributed by atoms with Crippen molar-refractivity contribution in [3.63, 3.8) is 0 Å². The molecule has 3 saturated carbocycles. The number of aliphatic hydroxyl groups is 1. The van der Waals surface area contributed by atoms with Crippen molar-refractivity contribution in [1.29, 1.82) is 0 Å². The number of aliphatic hydroxyl groups excluding tert-OH is 1. The first kappa shape index (κ1) is 15.9. The van der Waals surface area contributed by atoms with E-state index in [1.165, 1.54) is 31.3 Å². The standard InChI is InChI=1S/C21H32O2/c1-12-11-14-15-5-6-18(23)20(15,3)9-7-16(14)21(4)10-8-17(22)13(2)19(12)21/h12,14-16,18,23H,5-11H2,1-4H3/t12?,14-,15-,16+,18?,20-,21+/m0/s1. The Bertz CT molecular complexity index is 576. The van der Waals surface area contributed by atoms with Crippen molar-refractivity contribution in [2.75, 3.05) is 0 Å². The number of hydrogen-bond acceptors (Lipinski definition) is 2. The van der Waals surface area contributed by atoms with Crippen molar-refractivity contribution >= 4 is 5.78 Å². The number of ketones is 1. The van der Waals surface area contributed by atoms with Gasteiger partial charge in [-0.2, -0.15) is 0 Å². The topological polar surface area (TPSA) is 37.3 Å². The monoisotopic (exact) mass is 316 g/mol. The fraction of sp³-hybridized carbons (Fsp3) is 0.857. The van der Waals surface area contributed by atoms with E-state index < -0.39 is 0 Å². The summed E-state index contributed by atoms with van der Waals surface area (Å²) in [4.78, 5) is 12.3. The van der Waals surface area contributed by atoms with Crippen molar-refractivity contribution in [2.24, 2.45) is 34.5 Å². The second-order valence-corrected chi connectivity index (χ2v) is 9.53. The highest BCUT2D eigenvalue weighted by Gasteiger charge is 2.60. The maximum absolute atomic E-state index is 12.3. The van der Waals surface area contributed by atoms with Crippen LogP contribution in [-0.4, -0.2) is 17.0 Å². The van der Waals surface area contributed by atoms with E-state index in [4.69, 9.17) is 0 Å². The molecule has 0 aromatic rings. The highest BCUT2D eigenvalue weighted by atomic mass is 16.3. The van der Waals surface area contributed by atoms with Crippen molar-refractivity contribution in [2.45, 2.75) is 78.7 Å². The molecule has 0 aromatic carbocycles. The lowest BCUT2D eigenvalue weighted by Gasteiger charge is -2.59. The first-order valence-corrected chi connectivity index (χ1v) is 9.71. The summed E-state index contributed by atoms with van der Waals surface area (Å²) in [5.41, 5.74) is 2.97. The SMILES string of the molecule is CC1=C2C(C)C[C@@H]3[C@@H](CC[C@]4(C)C(O)CC[C@@H]34)[C@@]2(C)CCC1=O. The highest BCUT2D eigenvalue weighted by Crippen LogP contribution is 2.66. The van der Waals surface area contributed by atoms with Gasteiger partial charge in [-0.1, -0.05) is 26.3 Å². The first-order valence-electron chi connectivity index (χ1n) is 9.71. The lowest BCUT2D eigenvalue weighted by atomic mass is 9.45. The van der Waals surface area contributed by atoms with E-state index >= 15 is 0 Å². The van der Waals surface area contributed by atoms with E-state index in [9.17, 15) is 9.90 Å². The van der Waals surface area contributed by atoms with Gasteiger partial charge in [0.25, 0.3) is 0 Å². The van der Waals surface area contributed by atoms with Crippen molar-refractivity contribution in [3.8, 4) is 0 Å². The van der Waals surface area contributed by atoms with Gasteiger partial charge in [0.1, 0.15) is 0 Å². The highest BCUT2D eigenvalue weighted by molar-refractivity contribution is 5.96. The van der Waals surface area contributed by atoms with Gasteiger partial charge >= 0.3 is 0 Å². The van der Waals surface area contributed by atoms with Gasteiger partial charge in [0.15, 0.2) is 5.78 Å². The second kappa shape index (κ2) is 4.94. The minimum atomic E-state index is -0.0943. The molecule has 4 aliphatic carbocycles. The third-order valence-corrected chi connectivity index (χ3v) is 8.63. The zero-order chi connectivity index (χ0) is 16.6. The molecule has 0 amide bonds. The molecule has 0 aromatic heterocycles. The van der Waals surface area contributed by atoms with Crippen LogP contribution < -0.4 is 0 Å². The molecule has 2 nitrogen and oxygen atoms in total. The number of carbonyl (C=O) groups excluding carboxylic acids is 1. The third kappa shape index (κ3) is 1.94. The Labute approximate surface area is 140 Å². The van der Waals surface area contributed by atoms with Crippen LogP contribution in [0.15, 0.2) is 11.1 Å². The van der Waals surface area contributed by atoms with Gasteiger partial charge in [-0.05, 0) is 85.5 Å². The Morgan fingerprint density at radius 1 is 1.09 bits per heavy atom. The van der Waals surface area contributed by atoms with E-state index in [0.29, 0.717) is 17.6 Å². The molecule has 0 saturated heterocycles. The van der Waals surface area contributed by atoms with Crippen LogP contribution in [0.25, 0.3) is 0 Å². The fourth-order valence-corrected chi connectivity index (χ4v) is 7.50. The molecule has 1 N–H and O–H groups in total. The van der Waals surface area contributed by atoms with Crippen molar-refractivity contribution < 1.29 is 9.90 Å². The van der Waals surface area contributed by atoms with Gasteiger partial charge in [0, 0.05) is 6.42 Å². The van der Waals surface area contributed by atoms with Crippen LogP contribution in [0.2, 0.25) is 0 Å². The van der Waals surface area contributed by atoms with Crippen LogP contribution in [0.5, 0.6) is 0 Å². The largest absolute Gasteiger partial charge is 0.393 e. The summed E-state index contributed by atoms with van der Waals surface area (Å²) in [5, 5.41) is 10.6. The molecular formula is C21H32O2. The maximum atomic E-state index is 12.3. The van der Waals surface area contributed by atoms with Crippen molar-refractivity contribution in [1.82, 2.24) is 0 Å². The number of rotatable bonds is 0. The molecule has 7 atom stereocenters. The number of hydrogen-bond donors (Lipinski definition) is 1. The number of allylic oxidation sites excluding steroid dienone is 1. The number of fused-ring (bicyclic) bond motifs is 5. The van der Waals surface area contributed by atoms with Gasteiger partial charge in [-0.3, -0.25) is 4.79 Å². The molecule has 3 fully saturated rings. The molecule has 0 spiro atoms. The van der Waals surface area contributed by atoms with Gasteiger partial charge in [-0.15, -0.1) is 0 Å². The Morgan fingerprint density at radius 2 is 1.83 bits per heavy atom. The van der Waals surface area contributed by atoms with E-state index in [2.05, 4.69) is 27.7 Å². The average molecular weight is 316 g/mol. The lowest BCUT2D eigenvalue weighted by Crippen LogP contribution is -2.53. The quantitative estimate of drug-likeness (QED) is 0.713. The molecule has 0 bridgehead atoms. The Morgan fingerprint density at radius 3 is 2.57 bits per heavy atom. The molecule has 128 valence electrons. The molecule has 23 heavy (non-hydrogen) atoms. The predicted molar refractivity (Wildman–Crippen MR) is 91.9 cm³/mol. The normalized spacial score (nSPS) is 52.9. The first-order chi connectivity index (χ1) is 10.8. The van der Waals surface area contributed by atoms with Crippen LogP contribution >= 0.6 is 0 Å². The zero-order valence-corrected chi connectivity index (χ0v) is 15.2. The van der Waals surface area contributed by atoms with E-state index in [0.717, 1.165) is 36.7 Å². The summed E-state index contributed by atoms with van der Waals surface area (Å²) in [7, 11) is 0. The van der Waals surface area contributed by atoms with E-state index in [1.807, 2.05) is 0 Å². The van der Waals surface area contributed by atoms with E-state index in [1.54, 1.807) is 0 Å². The molecule has 0 heterocycles. The van der Waals surface area contributed by atoms with E-state index in [-0.39, 0.29) is 16.9 Å². The van der Waals surface area contributed by atoms with Crippen LogP contribution in [0.1, 0.15) is 72.6 Å². The molecule has 2 heteroatoms. The summed E-state index contributed by atoms with van der Waals surface area (Å²) in [6.45, 7) is 9.24. The number of Topliss-reactive ketones (excluding diaryl/α,β-unsaturated/α-hetero) is 1. The minimum absolute atomic E-state index is 0.0943. The number of carbonyl (C=O) groups is 1. The zero-order valence-electron chi connectivity index (χ0n) is 15.2. The Hall–Kier alpha value is -0.630. The summed E-state index contributed by atoms with van der Waals surface area (Å²) >= 11 is 0. The van der Waals surface area contributed by atoms with Gasteiger partial charge in [0.05, 0.1) is 6.10 Å². The van der Waals surface area contributed by atoms with Gasteiger partial charge in [0.2, 0.25) is 0 Å². The van der Waals surface area contributed by atoms with Crippen LogP contribution in [0.4, 0.5) is 0 Å². The Balaban J connectivity index is 1.76. The predicted octanol–water partition coefficient (Wildman–Crippen LogP) is 4.52. The van der Waals surface area contributed by atoms with Gasteiger partial charge in [-0.25, -0.2) is 0 Å². The Kier molecular flexibility index (Phi) is 3.41. The van der Waals surface area contributed by atoms with Crippen LogP contribution in [-0.2, 0) is 4.79 Å². The van der Waals surface area contributed by atoms with Crippen LogP contribution in [0.3, 0.4) is 0 Å². The average Bonchev–Trinajstić information content (AvgIpc) is 2.79. The molecule has 4 aliphatic rings. The van der Waals surface area contributed by atoms with Crippen LogP contribution in [0, 0.1) is 34.5 Å². The summed E-state index contributed by atoms with van der Waals surface area (Å²) < 4.78 is 0. The third-order valence-electron chi connectivity index (χ3n) is 8.63. The summed E-state index contributed by atoms with van der Waals surface area (Å²) in [5.74, 6) is 3.08. The molecular weight excluding hydrogens is 284 g/mol. The molecule has 0 aliphatic heterocycles. The smallest absolute Gasteiger partial charge is 0.158 e. The van der Waals surface area contributed by atoms with Crippen molar-refractivity contribution in [3.05, 3.63) is 11.1 Å². The second-order valence-electron chi connectivity index (χ2n) is 9.53. The summed E-state index contributed by atoms with van der Waals surface area (Å²) in [6.07, 6.45) is 7.54. The molecule has 0 radical (unpaired) electrons. The lowest BCUT2D eigenvalue weighted by molar-refractivity contribution is -0.120. The molecule has 2 unspecified atom stereocenters. The summed E-state index contributed by atoms with van der Waals surface area (Å²) in [6, 6.07) is 0. The fourth-order valence-electron chi connectivity index (χ4n) is 7.50. The molecule has 4 rings (SSSR count). The van der Waals surface area contributed by atoms with Gasteiger partial charge < -0.3 is 5.11 Å². The maximum Gasteiger partial charge on any atom is 0.158 e. The minimum Gasteiger partial charge on any atom is -0.393 e.